The van der Waals surface area contributed by atoms with Gasteiger partial charge in [-0.1, -0.05) is 29.8 Å². The topological polar surface area (TPSA) is 35.2 Å². The van der Waals surface area contributed by atoms with E-state index in [0.29, 0.717) is 10.8 Å². The highest BCUT2D eigenvalue weighted by molar-refractivity contribution is 9.10. The van der Waals surface area contributed by atoms with Crippen molar-refractivity contribution in [1.29, 1.82) is 0 Å². The van der Waals surface area contributed by atoms with Crippen LogP contribution in [0, 0.1) is 0 Å². The molecule has 0 bridgehead atoms. The number of nitrogens with two attached hydrogens (primary N) is 1. The summed E-state index contributed by atoms with van der Waals surface area (Å²) in [6.45, 7) is 1.93. The predicted molar refractivity (Wildman–Crippen MR) is 78.3 cm³/mol. The van der Waals surface area contributed by atoms with Gasteiger partial charge in [0, 0.05) is 16.6 Å². The van der Waals surface area contributed by atoms with Gasteiger partial charge in [0.05, 0.1) is 4.47 Å². The molecule has 0 saturated heterocycles. The fraction of sp³-hybridized carbons (Fsp3) is 0.143. The van der Waals surface area contributed by atoms with Crippen molar-refractivity contribution in [3.63, 3.8) is 0 Å². The van der Waals surface area contributed by atoms with Crippen LogP contribution in [0.3, 0.4) is 0 Å². The van der Waals surface area contributed by atoms with Crippen molar-refractivity contribution >= 4 is 27.5 Å². The van der Waals surface area contributed by atoms with Crippen molar-refractivity contribution in [2.24, 2.45) is 5.73 Å². The normalized spacial score (nSPS) is 12.2. The van der Waals surface area contributed by atoms with Gasteiger partial charge >= 0.3 is 0 Å². The molecular weight excluding hydrogens is 314 g/mol. The first-order valence-corrected chi connectivity index (χ1v) is 6.72. The average molecular weight is 327 g/mol. The zero-order valence-corrected chi connectivity index (χ0v) is 12.2. The second kappa shape index (κ2) is 5.74. The lowest BCUT2D eigenvalue weighted by molar-refractivity contribution is 0.469. The van der Waals surface area contributed by atoms with E-state index in [1.165, 1.54) is 0 Å². The van der Waals surface area contributed by atoms with E-state index in [9.17, 15) is 0 Å². The molecule has 4 heteroatoms. The third-order valence-corrected chi connectivity index (χ3v) is 3.38. The van der Waals surface area contributed by atoms with Gasteiger partial charge in [-0.3, -0.25) is 0 Å². The monoisotopic (exact) mass is 325 g/mol. The molecule has 0 unspecified atom stereocenters. The maximum absolute atomic E-state index is 5.92. The van der Waals surface area contributed by atoms with Gasteiger partial charge < -0.3 is 10.5 Å². The zero-order valence-electron chi connectivity index (χ0n) is 9.86. The molecule has 2 aromatic rings. The van der Waals surface area contributed by atoms with Gasteiger partial charge in [0.25, 0.3) is 0 Å². The quantitative estimate of drug-likeness (QED) is 0.869. The first-order valence-electron chi connectivity index (χ1n) is 5.55. The number of hydrogen-bond acceptors (Lipinski definition) is 2. The van der Waals surface area contributed by atoms with Crippen LogP contribution in [0.4, 0.5) is 0 Å². The Hall–Kier alpha value is -1.03. The number of rotatable bonds is 3. The molecule has 0 aliphatic heterocycles. The molecule has 0 saturated carbocycles. The molecule has 0 aliphatic carbocycles. The molecule has 2 aromatic carbocycles. The molecule has 94 valence electrons. The minimum Gasteiger partial charge on any atom is -0.456 e. The smallest absolute Gasteiger partial charge is 0.141 e. The summed E-state index contributed by atoms with van der Waals surface area (Å²) in [5.41, 5.74) is 6.89. The first-order chi connectivity index (χ1) is 8.58. The van der Waals surface area contributed by atoms with Crippen molar-refractivity contribution in [3.05, 3.63) is 57.5 Å². The summed E-state index contributed by atoms with van der Waals surface area (Å²) in [7, 11) is 0. The molecule has 0 amide bonds. The summed E-state index contributed by atoms with van der Waals surface area (Å²) in [6, 6.07) is 13.1. The summed E-state index contributed by atoms with van der Waals surface area (Å²) in [5, 5.41) is 0.662. The Labute approximate surface area is 120 Å². The van der Waals surface area contributed by atoms with Crippen LogP contribution >= 0.6 is 27.5 Å². The van der Waals surface area contributed by atoms with Crippen molar-refractivity contribution in [3.8, 4) is 11.5 Å². The largest absolute Gasteiger partial charge is 0.456 e. The maximum atomic E-state index is 5.92. The van der Waals surface area contributed by atoms with Gasteiger partial charge in [0.15, 0.2) is 0 Å². The van der Waals surface area contributed by atoms with Crippen LogP contribution in [0.2, 0.25) is 5.02 Å². The van der Waals surface area contributed by atoms with Gasteiger partial charge in [-0.2, -0.15) is 0 Å². The lowest BCUT2D eigenvalue weighted by atomic mass is 10.1. The molecule has 18 heavy (non-hydrogen) atoms. The van der Waals surface area contributed by atoms with Crippen molar-refractivity contribution in [2.75, 3.05) is 0 Å². The van der Waals surface area contributed by atoms with Gasteiger partial charge in [0.2, 0.25) is 0 Å². The number of hydrogen-bond donors (Lipinski definition) is 1. The predicted octanol–water partition coefficient (Wildman–Crippen LogP) is 4.91. The summed E-state index contributed by atoms with van der Waals surface area (Å²) < 4.78 is 6.69. The second-order valence-corrected chi connectivity index (χ2v) is 5.29. The third-order valence-electron chi connectivity index (χ3n) is 2.52. The van der Waals surface area contributed by atoms with Crippen LogP contribution in [-0.2, 0) is 0 Å². The highest BCUT2D eigenvalue weighted by Gasteiger charge is 2.10. The molecule has 2 nitrogen and oxygen atoms in total. The Kier molecular flexibility index (Phi) is 4.27. The Morgan fingerprint density at radius 3 is 2.56 bits per heavy atom. The van der Waals surface area contributed by atoms with E-state index in [2.05, 4.69) is 15.9 Å². The van der Waals surface area contributed by atoms with E-state index in [1.54, 1.807) is 12.1 Å². The van der Waals surface area contributed by atoms with Crippen molar-refractivity contribution < 1.29 is 4.74 Å². The van der Waals surface area contributed by atoms with Crippen LogP contribution < -0.4 is 10.5 Å². The molecule has 1 atom stereocenters. The lowest BCUT2D eigenvalue weighted by Gasteiger charge is -2.14. The van der Waals surface area contributed by atoms with Gasteiger partial charge in [-0.15, -0.1) is 0 Å². The van der Waals surface area contributed by atoms with Crippen molar-refractivity contribution in [2.45, 2.75) is 13.0 Å². The van der Waals surface area contributed by atoms with Crippen LogP contribution in [0.25, 0.3) is 0 Å². The van der Waals surface area contributed by atoms with E-state index >= 15 is 0 Å². The molecule has 0 aromatic heterocycles. The number of para-hydroxylation sites is 1. The molecule has 0 radical (unpaired) electrons. The number of halogens is 2. The summed E-state index contributed by atoms with van der Waals surface area (Å²) in [5.74, 6) is 1.48. The minimum atomic E-state index is -0.0766. The third kappa shape index (κ3) is 3.05. The average Bonchev–Trinajstić information content (AvgIpc) is 2.33. The van der Waals surface area contributed by atoms with Crippen molar-refractivity contribution in [1.82, 2.24) is 0 Å². The Bertz CT molecular complexity index is 557. The first kappa shape index (κ1) is 13.4. The fourth-order valence-electron chi connectivity index (χ4n) is 1.63. The lowest BCUT2D eigenvalue weighted by Crippen LogP contribution is -2.06. The van der Waals surface area contributed by atoms with Gasteiger partial charge in [0.1, 0.15) is 11.5 Å². The Morgan fingerprint density at radius 2 is 1.89 bits per heavy atom. The Balaban J connectivity index is 2.34. The van der Waals surface area contributed by atoms with Crippen LogP contribution in [0.15, 0.2) is 46.9 Å². The molecule has 2 rings (SSSR count). The summed E-state index contributed by atoms with van der Waals surface area (Å²) in [6.07, 6.45) is 0. The number of benzene rings is 2. The van der Waals surface area contributed by atoms with Gasteiger partial charge in [-0.25, -0.2) is 0 Å². The standard InChI is InChI=1S/C14H13BrClNO/c1-9(17)11-4-2-3-5-13(11)18-14-7-6-10(16)8-12(14)15/h2-9H,17H2,1H3/t9-/m1/s1. The van der Waals surface area contributed by atoms with Gasteiger partial charge in [-0.05, 0) is 47.1 Å². The van der Waals surface area contributed by atoms with E-state index in [-0.39, 0.29) is 6.04 Å². The second-order valence-electron chi connectivity index (χ2n) is 4.00. The highest BCUT2D eigenvalue weighted by Crippen LogP contribution is 2.34. The maximum Gasteiger partial charge on any atom is 0.141 e. The van der Waals surface area contributed by atoms with E-state index < -0.39 is 0 Å². The zero-order chi connectivity index (χ0) is 13.1. The highest BCUT2D eigenvalue weighted by atomic mass is 79.9. The molecular formula is C14H13BrClNO. The molecule has 0 fully saturated rings. The fourth-order valence-corrected chi connectivity index (χ4v) is 2.39. The molecule has 0 heterocycles. The SMILES string of the molecule is C[C@@H](N)c1ccccc1Oc1ccc(Cl)cc1Br. The number of ether oxygens (including phenoxy) is 1. The van der Waals surface area contributed by atoms with E-state index in [4.69, 9.17) is 22.1 Å². The van der Waals surface area contributed by atoms with E-state index in [1.807, 2.05) is 37.3 Å². The van der Waals surface area contributed by atoms with Crippen LogP contribution in [0.1, 0.15) is 18.5 Å². The van der Waals surface area contributed by atoms with Crippen LogP contribution in [0.5, 0.6) is 11.5 Å². The Morgan fingerprint density at radius 1 is 1.17 bits per heavy atom. The van der Waals surface area contributed by atoms with E-state index in [0.717, 1.165) is 15.8 Å². The minimum absolute atomic E-state index is 0.0766. The summed E-state index contributed by atoms with van der Waals surface area (Å²) >= 11 is 9.32. The molecule has 2 N–H and O–H groups in total. The molecule has 0 spiro atoms. The van der Waals surface area contributed by atoms with Crippen LogP contribution in [-0.4, -0.2) is 0 Å². The summed E-state index contributed by atoms with van der Waals surface area (Å²) in [4.78, 5) is 0. The molecule has 0 aliphatic rings.